The number of carbonyl (C=O) groups excluding carboxylic acids is 1. The average Bonchev–Trinajstić information content (AvgIpc) is 3.32. The third-order valence-corrected chi connectivity index (χ3v) is 6.26. The Morgan fingerprint density at radius 3 is 2.65 bits per heavy atom. The molecule has 26 heavy (non-hydrogen) atoms. The predicted molar refractivity (Wildman–Crippen MR) is 117 cm³/mol. The van der Waals surface area contributed by atoms with Gasteiger partial charge in [-0.2, -0.15) is 0 Å². The van der Waals surface area contributed by atoms with E-state index < -0.39 is 0 Å². The summed E-state index contributed by atoms with van der Waals surface area (Å²) in [7, 11) is 1.79. The fourth-order valence-corrected chi connectivity index (χ4v) is 4.68. The number of thiazole rings is 1. The fourth-order valence-electron chi connectivity index (χ4n) is 3.80. The van der Waals surface area contributed by atoms with Crippen LogP contribution in [0.3, 0.4) is 0 Å². The SMILES string of the molecule is CN=C(NCc1sc(C)nc1C)NC1CCN(C(=O)C2CCCC2)C1.I. The predicted octanol–water partition coefficient (Wildman–Crippen LogP) is 2.83. The normalized spacial score (nSPS) is 21.0. The van der Waals surface area contributed by atoms with Gasteiger partial charge in [-0.05, 0) is 33.1 Å². The minimum absolute atomic E-state index is 0. The van der Waals surface area contributed by atoms with E-state index >= 15 is 0 Å². The van der Waals surface area contributed by atoms with Gasteiger partial charge in [0.2, 0.25) is 5.91 Å². The Hall–Kier alpha value is -0.900. The molecule has 0 bridgehead atoms. The molecule has 2 N–H and O–H groups in total. The number of amides is 1. The maximum atomic E-state index is 12.5. The van der Waals surface area contributed by atoms with Crippen molar-refractivity contribution in [2.75, 3.05) is 20.1 Å². The van der Waals surface area contributed by atoms with Gasteiger partial charge in [-0.15, -0.1) is 35.3 Å². The third-order valence-electron chi connectivity index (χ3n) is 5.18. The second-order valence-corrected chi connectivity index (χ2v) is 8.35. The number of aromatic nitrogens is 1. The number of aryl methyl sites for hydroxylation is 2. The quantitative estimate of drug-likeness (QED) is 0.386. The summed E-state index contributed by atoms with van der Waals surface area (Å²) in [6.07, 6.45) is 5.55. The summed E-state index contributed by atoms with van der Waals surface area (Å²) < 4.78 is 0. The Labute approximate surface area is 177 Å². The monoisotopic (exact) mass is 491 g/mol. The highest BCUT2D eigenvalue weighted by Crippen LogP contribution is 2.27. The summed E-state index contributed by atoms with van der Waals surface area (Å²) >= 11 is 1.72. The molecular formula is C18H30IN5OS. The van der Waals surface area contributed by atoms with Crippen molar-refractivity contribution in [3.63, 3.8) is 0 Å². The smallest absolute Gasteiger partial charge is 0.225 e. The lowest BCUT2D eigenvalue weighted by Crippen LogP contribution is -2.45. The largest absolute Gasteiger partial charge is 0.352 e. The van der Waals surface area contributed by atoms with E-state index in [4.69, 9.17) is 0 Å². The molecule has 1 aliphatic carbocycles. The zero-order valence-corrected chi connectivity index (χ0v) is 19.0. The van der Waals surface area contributed by atoms with Crippen LogP contribution in [0.5, 0.6) is 0 Å². The molecule has 2 aliphatic rings. The van der Waals surface area contributed by atoms with Gasteiger partial charge in [-0.1, -0.05) is 12.8 Å². The van der Waals surface area contributed by atoms with Crippen molar-refractivity contribution in [2.24, 2.45) is 10.9 Å². The first-order valence-electron chi connectivity index (χ1n) is 9.25. The molecule has 3 rings (SSSR count). The molecule has 1 aromatic rings. The van der Waals surface area contributed by atoms with E-state index in [0.717, 1.165) is 55.6 Å². The minimum atomic E-state index is 0. The number of rotatable bonds is 4. The van der Waals surface area contributed by atoms with Crippen LogP contribution in [0, 0.1) is 19.8 Å². The molecule has 1 saturated heterocycles. The molecule has 6 nitrogen and oxygen atoms in total. The van der Waals surface area contributed by atoms with E-state index in [1.165, 1.54) is 17.7 Å². The van der Waals surface area contributed by atoms with Crippen molar-refractivity contribution in [1.82, 2.24) is 20.5 Å². The van der Waals surface area contributed by atoms with Gasteiger partial charge >= 0.3 is 0 Å². The Balaban J connectivity index is 0.00000243. The van der Waals surface area contributed by atoms with Gasteiger partial charge in [-0.3, -0.25) is 9.79 Å². The lowest BCUT2D eigenvalue weighted by atomic mass is 10.1. The fraction of sp³-hybridized carbons (Fsp3) is 0.722. The summed E-state index contributed by atoms with van der Waals surface area (Å²) in [5, 5.41) is 7.93. The van der Waals surface area contributed by atoms with Crippen molar-refractivity contribution in [2.45, 2.75) is 58.5 Å². The number of nitrogens with zero attached hydrogens (tertiary/aromatic N) is 3. The number of carbonyl (C=O) groups is 1. The molecule has 2 fully saturated rings. The molecule has 2 heterocycles. The van der Waals surface area contributed by atoms with Crippen molar-refractivity contribution < 1.29 is 4.79 Å². The molecule has 8 heteroatoms. The van der Waals surface area contributed by atoms with Gasteiger partial charge in [0.15, 0.2) is 5.96 Å². The van der Waals surface area contributed by atoms with E-state index in [1.807, 2.05) is 18.7 Å². The average molecular weight is 491 g/mol. The summed E-state index contributed by atoms with van der Waals surface area (Å²) in [5.41, 5.74) is 1.08. The van der Waals surface area contributed by atoms with Crippen LogP contribution in [0.1, 0.15) is 47.7 Å². The molecule has 0 spiro atoms. The van der Waals surface area contributed by atoms with Crippen LogP contribution in [-0.4, -0.2) is 47.9 Å². The van der Waals surface area contributed by atoms with Crippen LogP contribution in [0.2, 0.25) is 0 Å². The number of halogens is 1. The molecule has 1 saturated carbocycles. The number of hydrogen-bond donors (Lipinski definition) is 2. The first-order chi connectivity index (χ1) is 12.1. The number of aliphatic imine (C=N–C) groups is 1. The number of nitrogens with one attached hydrogen (secondary N) is 2. The van der Waals surface area contributed by atoms with Crippen LogP contribution in [-0.2, 0) is 11.3 Å². The van der Waals surface area contributed by atoms with Crippen LogP contribution < -0.4 is 10.6 Å². The summed E-state index contributed by atoms with van der Waals surface area (Å²) in [5.74, 6) is 1.43. The maximum absolute atomic E-state index is 12.5. The lowest BCUT2D eigenvalue weighted by Gasteiger charge is -2.21. The third kappa shape index (κ3) is 5.31. The molecular weight excluding hydrogens is 461 g/mol. The number of hydrogen-bond acceptors (Lipinski definition) is 4. The molecule has 1 unspecified atom stereocenters. The second kappa shape index (κ2) is 9.87. The van der Waals surface area contributed by atoms with E-state index in [0.29, 0.717) is 5.91 Å². The van der Waals surface area contributed by atoms with Crippen molar-refractivity contribution >= 4 is 47.2 Å². The summed E-state index contributed by atoms with van der Waals surface area (Å²) in [6.45, 7) is 6.45. The van der Waals surface area contributed by atoms with Gasteiger partial charge in [0.1, 0.15) is 0 Å². The molecule has 1 atom stereocenters. The summed E-state index contributed by atoms with van der Waals surface area (Å²) in [4.78, 5) is 24.6. The van der Waals surface area contributed by atoms with E-state index in [2.05, 4.69) is 20.6 Å². The first kappa shape index (κ1) is 21.4. The van der Waals surface area contributed by atoms with Gasteiger partial charge in [0.25, 0.3) is 0 Å². The maximum Gasteiger partial charge on any atom is 0.225 e. The standard InChI is InChI=1S/C18H29N5OS.HI/c1-12-16(25-13(2)21-12)10-20-18(19-3)22-15-8-9-23(11-15)17(24)14-6-4-5-7-14;/h14-15H,4-11H2,1-3H3,(H2,19,20,22);1H. The highest BCUT2D eigenvalue weighted by Gasteiger charge is 2.32. The van der Waals surface area contributed by atoms with Crippen molar-refractivity contribution in [3.05, 3.63) is 15.6 Å². The van der Waals surface area contributed by atoms with Crippen molar-refractivity contribution in [3.8, 4) is 0 Å². The van der Waals surface area contributed by atoms with Gasteiger partial charge in [-0.25, -0.2) is 4.98 Å². The van der Waals surface area contributed by atoms with Gasteiger partial charge in [0, 0.05) is 37.0 Å². The zero-order valence-electron chi connectivity index (χ0n) is 15.9. The van der Waals surface area contributed by atoms with E-state index in [1.54, 1.807) is 18.4 Å². The second-order valence-electron chi connectivity index (χ2n) is 7.06. The van der Waals surface area contributed by atoms with Crippen LogP contribution in [0.15, 0.2) is 4.99 Å². The highest BCUT2D eigenvalue weighted by atomic mass is 127. The lowest BCUT2D eigenvalue weighted by molar-refractivity contribution is -0.134. The molecule has 146 valence electrons. The number of guanidine groups is 1. The van der Waals surface area contributed by atoms with Crippen LogP contribution in [0.4, 0.5) is 0 Å². The van der Waals surface area contributed by atoms with Crippen LogP contribution >= 0.6 is 35.3 Å². The Morgan fingerprint density at radius 1 is 1.31 bits per heavy atom. The molecule has 1 aliphatic heterocycles. The summed E-state index contributed by atoms with van der Waals surface area (Å²) in [6, 6.07) is 0.279. The first-order valence-corrected chi connectivity index (χ1v) is 10.1. The van der Waals surface area contributed by atoms with Gasteiger partial charge < -0.3 is 15.5 Å². The van der Waals surface area contributed by atoms with Gasteiger partial charge in [0.05, 0.1) is 17.2 Å². The highest BCUT2D eigenvalue weighted by molar-refractivity contribution is 14.0. The Kier molecular flexibility index (Phi) is 8.12. The number of likely N-dealkylation sites (tertiary alicyclic amines) is 1. The minimum Gasteiger partial charge on any atom is -0.352 e. The van der Waals surface area contributed by atoms with Crippen molar-refractivity contribution in [1.29, 1.82) is 0 Å². The Bertz CT molecular complexity index is 642. The topological polar surface area (TPSA) is 69.6 Å². The molecule has 1 aromatic heterocycles. The zero-order chi connectivity index (χ0) is 17.8. The Morgan fingerprint density at radius 2 is 2.04 bits per heavy atom. The van der Waals surface area contributed by atoms with Crippen LogP contribution in [0.25, 0.3) is 0 Å². The molecule has 1 amide bonds. The van der Waals surface area contributed by atoms with E-state index in [9.17, 15) is 4.79 Å². The molecule has 0 aromatic carbocycles. The molecule has 0 radical (unpaired) electrons. The van der Waals surface area contributed by atoms with E-state index in [-0.39, 0.29) is 35.9 Å².